The number of benzene rings is 3. The van der Waals surface area contributed by atoms with Gasteiger partial charge in [-0.2, -0.15) is 0 Å². The van der Waals surface area contributed by atoms with Gasteiger partial charge in [-0.3, -0.25) is 14.9 Å². The molecule has 0 aromatic heterocycles. The second-order valence-electron chi connectivity index (χ2n) is 7.19. The largest absolute Gasteiger partial charge is 0.365 e. The third kappa shape index (κ3) is 4.54. The van der Waals surface area contributed by atoms with E-state index in [2.05, 4.69) is 16.0 Å². The molecule has 0 bridgehead atoms. The van der Waals surface area contributed by atoms with Crippen LogP contribution in [0.25, 0.3) is 0 Å². The number of ketones is 1. The van der Waals surface area contributed by atoms with Crippen molar-refractivity contribution < 1.29 is 9.72 Å². The van der Waals surface area contributed by atoms with E-state index < -0.39 is 23.0 Å². The molecule has 0 radical (unpaired) electrons. The number of hydrogen-bond donors (Lipinski definition) is 3. The maximum Gasteiger partial charge on any atom is 0.269 e. The fourth-order valence-corrected chi connectivity index (χ4v) is 4.01. The van der Waals surface area contributed by atoms with E-state index in [-0.39, 0.29) is 11.5 Å². The van der Waals surface area contributed by atoms with Crippen molar-refractivity contribution in [3.63, 3.8) is 0 Å². The Morgan fingerprint density at radius 3 is 2.29 bits per heavy atom. The topological polar surface area (TPSA) is 96.3 Å². The summed E-state index contributed by atoms with van der Waals surface area (Å²) in [5.74, 6) is -0.732. The van der Waals surface area contributed by atoms with Crippen LogP contribution >= 0.6 is 12.2 Å². The average Bonchev–Trinajstić information content (AvgIpc) is 2.79. The molecule has 3 aromatic rings. The molecule has 8 heteroatoms. The summed E-state index contributed by atoms with van der Waals surface area (Å²) >= 11 is 5.41. The molecule has 7 nitrogen and oxygen atoms in total. The van der Waals surface area contributed by atoms with Gasteiger partial charge in [-0.25, -0.2) is 0 Å². The molecule has 1 aliphatic heterocycles. The number of nitro groups is 1. The Hall–Kier alpha value is -3.78. The van der Waals surface area contributed by atoms with E-state index in [1.54, 1.807) is 24.3 Å². The van der Waals surface area contributed by atoms with E-state index in [1.807, 2.05) is 48.5 Å². The molecular weight excluding hydrogens is 412 g/mol. The predicted octanol–water partition coefficient (Wildman–Crippen LogP) is 4.05. The Bertz CT molecular complexity index is 1110. The molecule has 4 rings (SSSR count). The normalized spacial score (nSPS) is 20.3. The van der Waals surface area contributed by atoms with Crippen LogP contribution < -0.4 is 16.0 Å². The van der Waals surface area contributed by atoms with E-state index >= 15 is 0 Å². The van der Waals surface area contributed by atoms with E-state index in [0.717, 1.165) is 5.69 Å². The second-order valence-corrected chi connectivity index (χ2v) is 7.60. The standard InChI is InChI=1S/C23H20N4O3S/c28-21(15-8-3-1-4-9-15)19-20(16-10-7-13-18(14-16)27(29)30)25-23(31)26-22(19)24-17-11-5-2-6-12-17/h1-14,19-20,22,24H,(H2,25,26,31)/t19-,20-,22-/m0/s1. The Kier molecular flexibility index (Phi) is 5.90. The zero-order valence-electron chi connectivity index (χ0n) is 16.4. The third-order valence-electron chi connectivity index (χ3n) is 5.19. The zero-order chi connectivity index (χ0) is 21.8. The van der Waals surface area contributed by atoms with Crippen LogP contribution in [0.15, 0.2) is 84.9 Å². The molecule has 0 unspecified atom stereocenters. The Labute approximate surface area is 184 Å². The van der Waals surface area contributed by atoms with Crippen molar-refractivity contribution in [2.75, 3.05) is 5.32 Å². The quantitative estimate of drug-likeness (QED) is 0.234. The lowest BCUT2D eigenvalue weighted by molar-refractivity contribution is -0.384. The highest BCUT2D eigenvalue weighted by atomic mass is 32.1. The number of anilines is 1. The number of nitro benzene ring substituents is 1. The lowest BCUT2D eigenvalue weighted by atomic mass is 9.82. The molecule has 0 spiro atoms. The van der Waals surface area contributed by atoms with Crippen LogP contribution in [0, 0.1) is 16.0 Å². The smallest absolute Gasteiger partial charge is 0.269 e. The van der Waals surface area contributed by atoms with Crippen LogP contribution in [0.5, 0.6) is 0 Å². The number of non-ortho nitro benzene ring substituents is 1. The molecule has 1 aliphatic rings. The number of hydrogen-bond acceptors (Lipinski definition) is 5. The number of thiocarbonyl (C=S) groups is 1. The van der Waals surface area contributed by atoms with Gasteiger partial charge in [0.15, 0.2) is 10.9 Å². The van der Waals surface area contributed by atoms with Crippen LogP contribution in [0.3, 0.4) is 0 Å². The van der Waals surface area contributed by atoms with Gasteiger partial charge in [0.1, 0.15) is 6.17 Å². The maximum absolute atomic E-state index is 13.6. The molecule has 0 aliphatic carbocycles. The number of Topliss-reactive ketones (excluding diaryl/α,β-unsaturated/α-hetero) is 1. The van der Waals surface area contributed by atoms with Crippen molar-refractivity contribution in [3.05, 3.63) is 106 Å². The first-order valence-corrected chi connectivity index (χ1v) is 10.2. The summed E-state index contributed by atoms with van der Waals surface area (Å²) in [6, 6.07) is 24.2. The van der Waals surface area contributed by atoms with E-state index in [4.69, 9.17) is 12.2 Å². The maximum atomic E-state index is 13.6. The Morgan fingerprint density at radius 1 is 0.935 bits per heavy atom. The summed E-state index contributed by atoms with van der Waals surface area (Å²) < 4.78 is 0. The summed E-state index contributed by atoms with van der Waals surface area (Å²) in [6.45, 7) is 0. The third-order valence-corrected chi connectivity index (χ3v) is 5.42. The van der Waals surface area contributed by atoms with Crippen molar-refractivity contribution in [2.24, 2.45) is 5.92 Å². The van der Waals surface area contributed by atoms with Gasteiger partial charge in [-0.15, -0.1) is 0 Å². The molecular formula is C23H20N4O3S. The van der Waals surface area contributed by atoms with Gasteiger partial charge >= 0.3 is 0 Å². The van der Waals surface area contributed by atoms with Gasteiger partial charge in [0.2, 0.25) is 0 Å². The van der Waals surface area contributed by atoms with Crippen molar-refractivity contribution in [2.45, 2.75) is 12.2 Å². The van der Waals surface area contributed by atoms with Crippen LogP contribution in [0.4, 0.5) is 11.4 Å². The number of para-hydroxylation sites is 1. The lowest BCUT2D eigenvalue weighted by Gasteiger charge is -2.40. The van der Waals surface area contributed by atoms with Gasteiger partial charge in [0.05, 0.1) is 16.9 Å². The molecule has 1 heterocycles. The van der Waals surface area contributed by atoms with Crippen molar-refractivity contribution in [1.29, 1.82) is 0 Å². The fraction of sp³-hybridized carbons (Fsp3) is 0.130. The number of rotatable bonds is 6. The summed E-state index contributed by atoms with van der Waals surface area (Å²) in [6.07, 6.45) is -0.520. The first kappa shape index (κ1) is 20.5. The highest BCUT2D eigenvalue weighted by Crippen LogP contribution is 2.33. The van der Waals surface area contributed by atoms with Crippen LogP contribution in [0.2, 0.25) is 0 Å². The highest BCUT2D eigenvalue weighted by Gasteiger charge is 2.41. The van der Waals surface area contributed by atoms with Gasteiger partial charge in [0.25, 0.3) is 5.69 Å². The van der Waals surface area contributed by atoms with E-state index in [1.165, 1.54) is 12.1 Å². The summed E-state index contributed by atoms with van der Waals surface area (Å²) in [7, 11) is 0. The minimum absolute atomic E-state index is 0.0396. The second kappa shape index (κ2) is 8.93. The molecule has 3 atom stereocenters. The zero-order valence-corrected chi connectivity index (χ0v) is 17.2. The van der Waals surface area contributed by atoms with Crippen molar-refractivity contribution in [1.82, 2.24) is 10.6 Å². The minimum Gasteiger partial charge on any atom is -0.365 e. The SMILES string of the molecule is O=C(c1ccccc1)[C@H]1[C@@H](Nc2ccccc2)NC(=S)N[C@H]1c1cccc([N+](=O)[O-])c1. The lowest BCUT2D eigenvalue weighted by Crippen LogP contribution is -2.61. The molecule has 3 N–H and O–H groups in total. The van der Waals surface area contributed by atoms with Crippen LogP contribution in [0.1, 0.15) is 22.0 Å². The minimum atomic E-state index is -0.628. The summed E-state index contributed by atoms with van der Waals surface area (Å²) in [4.78, 5) is 24.5. The highest BCUT2D eigenvalue weighted by molar-refractivity contribution is 7.80. The molecule has 0 saturated carbocycles. The van der Waals surface area contributed by atoms with Crippen LogP contribution in [-0.4, -0.2) is 22.0 Å². The summed E-state index contributed by atoms with van der Waals surface area (Å²) in [5, 5.41) is 21.3. The first-order valence-electron chi connectivity index (χ1n) is 9.75. The van der Waals surface area contributed by atoms with Crippen LogP contribution in [-0.2, 0) is 0 Å². The van der Waals surface area contributed by atoms with E-state index in [9.17, 15) is 14.9 Å². The number of nitrogens with one attached hydrogen (secondary N) is 3. The number of carbonyl (C=O) groups excluding carboxylic acids is 1. The van der Waals surface area contributed by atoms with Crippen molar-refractivity contribution in [3.8, 4) is 0 Å². The number of nitrogens with zero attached hydrogens (tertiary/aromatic N) is 1. The van der Waals surface area contributed by atoms with E-state index in [0.29, 0.717) is 16.2 Å². The van der Waals surface area contributed by atoms with Gasteiger partial charge in [-0.05, 0) is 29.9 Å². The average molecular weight is 433 g/mol. The molecule has 156 valence electrons. The molecule has 1 fully saturated rings. The first-order chi connectivity index (χ1) is 15.0. The van der Waals surface area contributed by atoms with Gasteiger partial charge in [-0.1, -0.05) is 60.7 Å². The molecule has 3 aromatic carbocycles. The Balaban J connectivity index is 1.77. The van der Waals surface area contributed by atoms with Gasteiger partial charge in [0, 0.05) is 23.4 Å². The molecule has 31 heavy (non-hydrogen) atoms. The fourth-order valence-electron chi connectivity index (χ4n) is 3.76. The Morgan fingerprint density at radius 2 is 1.61 bits per heavy atom. The number of carbonyl (C=O) groups is 1. The predicted molar refractivity (Wildman–Crippen MR) is 123 cm³/mol. The van der Waals surface area contributed by atoms with Crippen molar-refractivity contribution >= 4 is 34.5 Å². The summed E-state index contributed by atoms with van der Waals surface area (Å²) in [5.41, 5.74) is 1.96. The molecule has 1 saturated heterocycles. The molecule has 0 amide bonds. The monoisotopic (exact) mass is 432 g/mol. The van der Waals surface area contributed by atoms with Gasteiger partial charge < -0.3 is 16.0 Å².